The highest BCUT2D eigenvalue weighted by atomic mass is 19.1. The summed E-state index contributed by atoms with van der Waals surface area (Å²) in [5.74, 6) is -1.87. The summed E-state index contributed by atoms with van der Waals surface area (Å²) in [6.07, 6.45) is 2.36. The van der Waals surface area contributed by atoms with Gasteiger partial charge in [0.2, 0.25) is 5.91 Å². The highest BCUT2D eigenvalue weighted by molar-refractivity contribution is 5.86. The Morgan fingerprint density at radius 3 is 2.73 bits per heavy atom. The quantitative estimate of drug-likeness (QED) is 0.823. The summed E-state index contributed by atoms with van der Waals surface area (Å²) in [5.41, 5.74) is -0.501. The summed E-state index contributed by atoms with van der Waals surface area (Å²) in [7, 11) is 0. The van der Waals surface area contributed by atoms with Crippen molar-refractivity contribution in [3.05, 3.63) is 29.8 Å². The Balaban J connectivity index is 1.61. The van der Waals surface area contributed by atoms with E-state index < -0.39 is 17.0 Å². The lowest BCUT2D eigenvalue weighted by atomic mass is 9.78. The molecule has 1 aromatic rings. The van der Waals surface area contributed by atoms with Crippen LogP contribution in [0.25, 0.3) is 0 Å². The van der Waals surface area contributed by atoms with Gasteiger partial charge in [-0.3, -0.25) is 9.59 Å². The highest BCUT2D eigenvalue weighted by Gasteiger charge is 2.49. The third kappa shape index (κ3) is 3.52. The van der Waals surface area contributed by atoms with Gasteiger partial charge in [0.05, 0.1) is 5.41 Å². The average Bonchev–Trinajstić information content (AvgIpc) is 3.01. The maximum atomic E-state index is 13.6. The smallest absolute Gasteiger partial charge is 0.260 e. The second kappa shape index (κ2) is 7.21. The lowest BCUT2D eigenvalue weighted by Crippen LogP contribution is -2.52. The zero-order chi connectivity index (χ0) is 18.9. The molecule has 1 spiro atoms. The van der Waals surface area contributed by atoms with Crippen LogP contribution in [0, 0.1) is 17.0 Å². The Morgan fingerprint density at radius 2 is 2.04 bits per heavy atom. The first-order valence-corrected chi connectivity index (χ1v) is 8.99. The van der Waals surface area contributed by atoms with Gasteiger partial charge >= 0.3 is 0 Å². The molecule has 0 radical (unpaired) electrons. The van der Waals surface area contributed by atoms with E-state index in [1.807, 2.05) is 18.7 Å². The van der Waals surface area contributed by atoms with Crippen LogP contribution >= 0.6 is 0 Å². The number of hydrogen-bond donors (Lipinski definition) is 0. The lowest BCUT2D eigenvalue weighted by molar-refractivity contribution is -0.148. The minimum atomic E-state index is -0.842. The van der Waals surface area contributed by atoms with E-state index in [0.29, 0.717) is 25.6 Å². The lowest BCUT2D eigenvalue weighted by Gasteiger charge is -2.41. The molecule has 7 heteroatoms. The van der Waals surface area contributed by atoms with Crippen LogP contribution in [0.2, 0.25) is 0 Å². The molecule has 0 aromatic heterocycles. The molecule has 0 unspecified atom stereocenters. The van der Waals surface area contributed by atoms with E-state index in [0.717, 1.165) is 31.5 Å². The summed E-state index contributed by atoms with van der Waals surface area (Å²) in [6, 6.07) is 3.10. The predicted octanol–water partition coefficient (Wildman–Crippen LogP) is 2.59. The Kier molecular flexibility index (Phi) is 5.16. The number of benzene rings is 1. The molecule has 0 N–H and O–H groups in total. The molecule has 3 rings (SSSR count). The minimum Gasteiger partial charge on any atom is -0.481 e. The number of rotatable bonds is 4. The largest absolute Gasteiger partial charge is 0.481 e. The van der Waals surface area contributed by atoms with Crippen molar-refractivity contribution in [3.8, 4) is 5.75 Å². The van der Waals surface area contributed by atoms with E-state index >= 15 is 0 Å². The Hall–Kier alpha value is -2.18. The number of amides is 2. The molecule has 5 nitrogen and oxygen atoms in total. The van der Waals surface area contributed by atoms with Gasteiger partial charge in [-0.2, -0.15) is 0 Å². The molecule has 0 saturated carbocycles. The van der Waals surface area contributed by atoms with Crippen molar-refractivity contribution in [2.45, 2.75) is 39.2 Å². The van der Waals surface area contributed by atoms with Gasteiger partial charge in [0.15, 0.2) is 18.2 Å². The number of likely N-dealkylation sites (tertiary alicyclic amines) is 2. The van der Waals surface area contributed by atoms with Gasteiger partial charge in [-0.25, -0.2) is 8.78 Å². The van der Waals surface area contributed by atoms with E-state index in [-0.39, 0.29) is 30.2 Å². The summed E-state index contributed by atoms with van der Waals surface area (Å²) in [5, 5.41) is 0. The van der Waals surface area contributed by atoms with Crippen LogP contribution in [-0.2, 0) is 9.59 Å². The van der Waals surface area contributed by atoms with Crippen LogP contribution in [0.5, 0.6) is 5.75 Å². The van der Waals surface area contributed by atoms with Crippen LogP contribution < -0.4 is 4.74 Å². The summed E-state index contributed by atoms with van der Waals surface area (Å²) in [4.78, 5) is 28.8. The average molecular weight is 366 g/mol. The molecular weight excluding hydrogens is 342 g/mol. The summed E-state index contributed by atoms with van der Waals surface area (Å²) < 4.78 is 31.7. The number of ether oxygens (including phenoxy) is 1. The van der Waals surface area contributed by atoms with Crippen molar-refractivity contribution in [1.82, 2.24) is 9.80 Å². The van der Waals surface area contributed by atoms with Crippen LogP contribution in [0.4, 0.5) is 8.78 Å². The van der Waals surface area contributed by atoms with Crippen LogP contribution in [-0.4, -0.2) is 53.9 Å². The normalized spacial score (nSPS) is 23.2. The van der Waals surface area contributed by atoms with Crippen molar-refractivity contribution in [3.63, 3.8) is 0 Å². The molecule has 2 fully saturated rings. The highest BCUT2D eigenvalue weighted by Crippen LogP contribution is 2.40. The number of hydrogen-bond acceptors (Lipinski definition) is 3. The summed E-state index contributed by atoms with van der Waals surface area (Å²) in [6.45, 7) is 5.30. The van der Waals surface area contributed by atoms with E-state index in [1.54, 1.807) is 4.90 Å². The van der Waals surface area contributed by atoms with E-state index in [2.05, 4.69) is 0 Å². The number of carbonyl (C=O) groups is 2. The molecule has 1 aromatic carbocycles. The van der Waals surface area contributed by atoms with Crippen molar-refractivity contribution in [1.29, 1.82) is 0 Å². The van der Waals surface area contributed by atoms with E-state index in [9.17, 15) is 18.4 Å². The molecule has 2 heterocycles. The van der Waals surface area contributed by atoms with Crippen molar-refractivity contribution < 1.29 is 23.1 Å². The fourth-order valence-corrected chi connectivity index (χ4v) is 3.88. The van der Waals surface area contributed by atoms with E-state index in [4.69, 9.17) is 4.74 Å². The van der Waals surface area contributed by atoms with Crippen molar-refractivity contribution in [2.75, 3.05) is 26.2 Å². The van der Waals surface area contributed by atoms with Gasteiger partial charge in [-0.15, -0.1) is 0 Å². The van der Waals surface area contributed by atoms with Crippen LogP contribution in [0.15, 0.2) is 18.2 Å². The van der Waals surface area contributed by atoms with Gasteiger partial charge < -0.3 is 14.5 Å². The number of nitrogens with zero attached hydrogens (tertiary/aromatic N) is 2. The third-order valence-corrected chi connectivity index (χ3v) is 5.34. The van der Waals surface area contributed by atoms with E-state index in [1.165, 1.54) is 0 Å². The van der Waals surface area contributed by atoms with Gasteiger partial charge in [0.25, 0.3) is 5.91 Å². The second-order valence-corrected chi connectivity index (χ2v) is 7.40. The Morgan fingerprint density at radius 1 is 1.27 bits per heavy atom. The van der Waals surface area contributed by atoms with Crippen LogP contribution in [0.1, 0.15) is 33.1 Å². The molecule has 2 aliphatic heterocycles. The Labute approximate surface area is 151 Å². The van der Waals surface area contributed by atoms with Gasteiger partial charge in [0, 0.05) is 31.7 Å². The van der Waals surface area contributed by atoms with Crippen molar-refractivity contribution in [2.24, 2.45) is 5.41 Å². The SMILES string of the molecule is CC(C)N1CCC[C@@]2(CCN(C(=O)COc3ccc(F)cc3F)C2)C1=O. The molecule has 2 amide bonds. The van der Waals surface area contributed by atoms with Crippen molar-refractivity contribution >= 4 is 11.8 Å². The topological polar surface area (TPSA) is 49.9 Å². The zero-order valence-corrected chi connectivity index (χ0v) is 15.1. The first-order valence-electron chi connectivity index (χ1n) is 8.99. The van der Waals surface area contributed by atoms with Gasteiger partial charge in [0.1, 0.15) is 5.82 Å². The van der Waals surface area contributed by atoms with Gasteiger partial charge in [-0.05, 0) is 45.2 Å². The molecule has 26 heavy (non-hydrogen) atoms. The molecule has 0 bridgehead atoms. The fourth-order valence-electron chi connectivity index (χ4n) is 3.88. The number of halogens is 2. The first-order chi connectivity index (χ1) is 12.3. The molecule has 1 atom stereocenters. The zero-order valence-electron chi connectivity index (χ0n) is 15.1. The standard InChI is InChI=1S/C19H24F2N2O3/c1-13(2)23-8-3-6-19(18(23)25)7-9-22(12-19)17(24)11-26-16-5-4-14(20)10-15(16)21/h4-5,10,13H,3,6-9,11-12H2,1-2H3/t19-/m0/s1. The minimum absolute atomic E-state index is 0.125. The molecule has 2 aliphatic rings. The van der Waals surface area contributed by atoms with Gasteiger partial charge in [-0.1, -0.05) is 0 Å². The molecular formula is C19H24F2N2O3. The first kappa shape index (κ1) is 18.6. The number of piperidine rings is 1. The number of carbonyl (C=O) groups excluding carboxylic acids is 2. The molecule has 142 valence electrons. The monoisotopic (exact) mass is 366 g/mol. The summed E-state index contributed by atoms with van der Waals surface area (Å²) >= 11 is 0. The fraction of sp³-hybridized carbons (Fsp3) is 0.579. The Bertz CT molecular complexity index is 710. The maximum Gasteiger partial charge on any atom is 0.260 e. The molecule has 2 saturated heterocycles. The maximum absolute atomic E-state index is 13.6. The third-order valence-electron chi connectivity index (χ3n) is 5.34. The predicted molar refractivity (Wildman–Crippen MR) is 91.6 cm³/mol. The molecule has 0 aliphatic carbocycles. The van der Waals surface area contributed by atoms with Crippen LogP contribution in [0.3, 0.4) is 0 Å². The second-order valence-electron chi connectivity index (χ2n) is 7.40.